The number of alkyl halides is 5. The molecule has 10 heteroatoms. The van der Waals surface area contributed by atoms with Crippen molar-refractivity contribution in [3.63, 3.8) is 0 Å². The Morgan fingerprint density at radius 3 is 2.10 bits per heavy atom. The van der Waals surface area contributed by atoms with Gasteiger partial charge in [-0.3, -0.25) is 4.79 Å². The molecule has 2 N–H and O–H groups in total. The molecule has 1 aromatic carbocycles. The fourth-order valence-corrected chi connectivity index (χ4v) is 1.36. The molecule has 1 amide bonds. The summed E-state index contributed by atoms with van der Waals surface area (Å²) in [6.45, 7) is 0. The van der Waals surface area contributed by atoms with Crippen LogP contribution in [0.15, 0.2) is 18.2 Å². The Bertz CT molecular complexity index is 558. The molecule has 1 rings (SSSR count). The highest BCUT2D eigenvalue weighted by Gasteiger charge is 2.63. The first kappa shape index (κ1) is 16.2. The zero-order valence-corrected chi connectivity index (χ0v) is 10.0. The molecule has 0 spiro atoms. The molecule has 0 aromatic heterocycles. The first-order valence-corrected chi connectivity index (χ1v) is 5.13. The van der Waals surface area contributed by atoms with E-state index in [0.29, 0.717) is 6.07 Å². The maximum Gasteiger partial charge on any atom is 0.463 e. The summed E-state index contributed by atoms with van der Waals surface area (Å²) < 4.78 is 61.2. The van der Waals surface area contributed by atoms with Gasteiger partial charge >= 0.3 is 24.0 Å². The van der Waals surface area contributed by atoms with Gasteiger partial charge in [0.05, 0.1) is 5.56 Å². The van der Waals surface area contributed by atoms with E-state index in [1.54, 1.807) is 0 Å². The van der Waals surface area contributed by atoms with Gasteiger partial charge in [0.25, 0.3) is 0 Å². The average Bonchev–Trinajstić information content (AvgIpc) is 2.26. The number of benzene rings is 1. The smallest absolute Gasteiger partial charge is 0.463 e. The van der Waals surface area contributed by atoms with E-state index in [1.165, 1.54) is 5.32 Å². The zero-order valence-electron chi connectivity index (χ0n) is 9.26. The Hall–Kier alpha value is -1.90. The quantitative estimate of drug-likeness (QED) is 0.841. The number of halogens is 6. The number of rotatable bonds is 3. The van der Waals surface area contributed by atoms with Crippen LogP contribution in [-0.2, 0) is 4.79 Å². The third kappa shape index (κ3) is 3.35. The predicted octanol–water partition coefficient (Wildman–Crippen LogP) is 3.17. The molecule has 0 unspecified atom stereocenters. The standard InChI is InChI=1S/C10H5ClF5NO3/c11-5-1-4(7(18)19)2-6(3-5)17-8(20)9(12,13)10(14,15)16/h1-3H,(H,17,20)(H,18,19). The molecule has 0 saturated heterocycles. The molecular weight excluding hydrogens is 313 g/mol. The molecule has 0 aliphatic carbocycles. The zero-order chi connectivity index (χ0) is 15.7. The van der Waals surface area contributed by atoms with E-state index in [-0.39, 0.29) is 5.02 Å². The van der Waals surface area contributed by atoms with Crippen LogP contribution in [0, 0.1) is 0 Å². The van der Waals surface area contributed by atoms with Gasteiger partial charge in [0.2, 0.25) is 0 Å². The summed E-state index contributed by atoms with van der Waals surface area (Å²) >= 11 is 5.46. The van der Waals surface area contributed by atoms with E-state index >= 15 is 0 Å². The Morgan fingerprint density at radius 2 is 1.65 bits per heavy atom. The van der Waals surface area contributed by atoms with Crippen LogP contribution in [0.2, 0.25) is 5.02 Å². The maximum absolute atomic E-state index is 12.7. The fraction of sp³-hybridized carbons (Fsp3) is 0.200. The van der Waals surface area contributed by atoms with Crippen LogP contribution in [0.4, 0.5) is 27.6 Å². The first-order chi connectivity index (χ1) is 8.95. The molecule has 110 valence electrons. The van der Waals surface area contributed by atoms with Crippen molar-refractivity contribution >= 4 is 29.2 Å². The average molecular weight is 318 g/mol. The number of hydrogen-bond donors (Lipinski definition) is 2. The lowest BCUT2D eigenvalue weighted by molar-refractivity contribution is -0.267. The van der Waals surface area contributed by atoms with Gasteiger partial charge in [0.1, 0.15) is 0 Å². The third-order valence-electron chi connectivity index (χ3n) is 2.04. The number of carboxylic acid groups (broad SMARTS) is 1. The van der Waals surface area contributed by atoms with Crippen molar-refractivity contribution in [3.8, 4) is 0 Å². The van der Waals surface area contributed by atoms with Crippen LogP contribution in [0.1, 0.15) is 10.4 Å². The lowest BCUT2D eigenvalue weighted by atomic mass is 10.2. The minimum absolute atomic E-state index is 0.254. The van der Waals surface area contributed by atoms with Gasteiger partial charge in [0.15, 0.2) is 0 Å². The molecule has 1 aromatic rings. The van der Waals surface area contributed by atoms with E-state index < -0.39 is 35.2 Å². The highest BCUT2D eigenvalue weighted by molar-refractivity contribution is 6.31. The number of hydrogen-bond acceptors (Lipinski definition) is 2. The molecule has 0 aliphatic heterocycles. The van der Waals surface area contributed by atoms with Crippen LogP contribution in [0.3, 0.4) is 0 Å². The minimum atomic E-state index is -6.06. The highest BCUT2D eigenvalue weighted by atomic mass is 35.5. The summed E-state index contributed by atoms with van der Waals surface area (Å²) in [6.07, 6.45) is -6.06. The predicted molar refractivity (Wildman–Crippen MR) is 58.0 cm³/mol. The molecule has 0 bridgehead atoms. The number of carboxylic acids is 1. The Kier molecular flexibility index (Phi) is 4.23. The lowest BCUT2D eigenvalue weighted by Crippen LogP contribution is -2.47. The summed E-state index contributed by atoms with van der Waals surface area (Å²) in [5.74, 6) is -9.74. The van der Waals surface area contributed by atoms with Crippen molar-refractivity contribution in [1.29, 1.82) is 0 Å². The van der Waals surface area contributed by atoms with Gasteiger partial charge in [-0.1, -0.05) is 11.6 Å². The van der Waals surface area contributed by atoms with Crippen molar-refractivity contribution in [2.45, 2.75) is 12.1 Å². The van der Waals surface area contributed by atoms with E-state index in [9.17, 15) is 31.5 Å². The third-order valence-corrected chi connectivity index (χ3v) is 2.26. The van der Waals surface area contributed by atoms with Crippen molar-refractivity contribution in [2.75, 3.05) is 5.32 Å². The van der Waals surface area contributed by atoms with Gasteiger partial charge < -0.3 is 10.4 Å². The van der Waals surface area contributed by atoms with Gasteiger partial charge in [-0.05, 0) is 18.2 Å². The molecule has 0 fully saturated rings. The maximum atomic E-state index is 12.7. The second kappa shape index (κ2) is 5.23. The van der Waals surface area contributed by atoms with Crippen molar-refractivity contribution in [2.24, 2.45) is 0 Å². The monoisotopic (exact) mass is 317 g/mol. The van der Waals surface area contributed by atoms with Gasteiger partial charge in [-0.25, -0.2) is 4.79 Å². The molecule has 0 aliphatic rings. The van der Waals surface area contributed by atoms with Crippen molar-refractivity contribution < 1.29 is 36.6 Å². The van der Waals surface area contributed by atoms with E-state index in [2.05, 4.69) is 0 Å². The van der Waals surface area contributed by atoms with Crippen molar-refractivity contribution in [1.82, 2.24) is 0 Å². The topological polar surface area (TPSA) is 66.4 Å². The summed E-state index contributed by atoms with van der Waals surface area (Å²) in [5, 5.41) is 9.67. The number of anilines is 1. The number of aromatic carboxylic acids is 1. The molecular formula is C10H5ClF5NO3. The largest absolute Gasteiger partial charge is 0.478 e. The number of carbonyl (C=O) groups is 2. The van der Waals surface area contributed by atoms with Gasteiger partial charge in [0, 0.05) is 10.7 Å². The van der Waals surface area contributed by atoms with Gasteiger partial charge in [-0.15, -0.1) is 0 Å². The van der Waals surface area contributed by atoms with Crippen LogP contribution in [0.25, 0.3) is 0 Å². The SMILES string of the molecule is O=C(O)c1cc(Cl)cc(NC(=O)C(F)(F)C(F)(F)F)c1. The molecule has 20 heavy (non-hydrogen) atoms. The number of carbonyl (C=O) groups excluding carboxylic acids is 1. The van der Waals surface area contributed by atoms with Crippen molar-refractivity contribution in [3.05, 3.63) is 28.8 Å². The normalized spacial score (nSPS) is 12.1. The summed E-state index contributed by atoms with van der Waals surface area (Å²) in [5.41, 5.74) is -1.08. The summed E-state index contributed by atoms with van der Waals surface area (Å²) in [6, 6.07) is 2.46. The number of amides is 1. The Labute approximate surface area is 113 Å². The molecule has 0 atom stereocenters. The minimum Gasteiger partial charge on any atom is -0.478 e. The highest BCUT2D eigenvalue weighted by Crippen LogP contribution is 2.36. The second-order valence-electron chi connectivity index (χ2n) is 3.56. The molecule has 0 saturated carbocycles. The van der Waals surface area contributed by atoms with Crippen LogP contribution in [-0.4, -0.2) is 29.1 Å². The Morgan fingerprint density at radius 1 is 1.10 bits per heavy atom. The summed E-state index contributed by atoms with van der Waals surface area (Å²) in [4.78, 5) is 21.5. The summed E-state index contributed by atoms with van der Waals surface area (Å²) in [7, 11) is 0. The lowest BCUT2D eigenvalue weighted by Gasteiger charge is -2.18. The Balaban J connectivity index is 3.05. The first-order valence-electron chi connectivity index (χ1n) is 4.75. The van der Waals surface area contributed by atoms with Gasteiger partial charge in [-0.2, -0.15) is 22.0 Å². The number of nitrogens with one attached hydrogen (secondary N) is 1. The molecule has 0 radical (unpaired) electrons. The second-order valence-corrected chi connectivity index (χ2v) is 4.00. The van der Waals surface area contributed by atoms with E-state index in [0.717, 1.165) is 12.1 Å². The fourth-order valence-electron chi connectivity index (χ4n) is 1.12. The van der Waals surface area contributed by atoms with Crippen LogP contribution >= 0.6 is 11.6 Å². The van der Waals surface area contributed by atoms with E-state index in [1.807, 2.05) is 0 Å². The van der Waals surface area contributed by atoms with Crippen LogP contribution < -0.4 is 5.32 Å². The molecule has 0 heterocycles. The van der Waals surface area contributed by atoms with E-state index in [4.69, 9.17) is 16.7 Å². The molecule has 4 nitrogen and oxygen atoms in total. The van der Waals surface area contributed by atoms with Crippen LogP contribution in [0.5, 0.6) is 0 Å².